The molecule has 0 aliphatic heterocycles. The van der Waals surface area contributed by atoms with E-state index in [2.05, 4.69) is 20.9 Å². The van der Waals surface area contributed by atoms with Gasteiger partial charge in [-0.2, -0.15) is 0 Å². The van der Waals surface area contributed by atoms with Crippen molar-refractivity contribution in [3.05, 3.63) is 71.5 Å². The Hall–Kier alpha value is -2.89. The molecular weight excluding hydrogens is 355 g/mol. The zero-order valence-corrected chi connectivity index (χ0v) is 16.8. The Balaban J connectivity index is 1.73. The zero-order chi connectivity index (χ0) is 20.4. The van der Waals surface area contributed by atoms with E-state index < -0.39 is 0 Å². The highest BCUT2D eigenvalue weighted by Crippen LogP contribution is 2.22. The largest absolute Gasteiger partial charge is 0.356 e. The van der Waals surface area contributed by atoms with Gasteiger partial charge < -0.3 is 16.0 Å². The summed E-state index contributed by atoms with van der Waals surface area (Å²) in [6.45, 7) is 5.66. The van der Waals surface area contributed by atoms with Crippen molar-refractivity contribution >= 4 is 11.9 Å². The molecule has 0 heterocycles. The lowest BCUT2D eigenvalue weighted by molar-refractivity contribution is -0.121. The Morgan fingerprint density at radius 1 is 1.04 bits per heavy atom. The van der Waals surface area contributed by atoms with Gasteiger partial charge in [-0.3, -0.25) is 9.79 Å². The summed E-state index contributed by atoms with van der Waals surface area (Å²) < 4.78 is 13.5. The van der Waals surface area contributed by atoms with E-state index in [0.717, 1.165) is 11.1 Å². The number of hydrogen-bond acceptors (Lipinski definition) is 2. The number of carbonyl (C=O) groups is 1. The first-order valence-electron chi connectivity index (χ1n) is 9.42. The first kappa shape index (κ1) is 21.4. The lowest BCUT2D eigenvalue weighted by atomic mass is 9.84. The molecule has 0 aliphatic rings. The fourth-order valence-corrected chi connectivity index (χ4v) is 2.72. The topological polar surface area (TPSA) is 65.5 Å². The zero-order valence-electron chi connectivity index (χ0n) is 16.8. The van der Waals surface area contributed by atoms with Crippen LogP contribution in [-0.2, 0) is 16.8 Å². The minimum Gasteiger partial charge on any atom is -0.356 e. The first-order chi connectivity index (χ1) is 13.4. The second-order valence-corrected chi connectivity index (χ2v) is 7.26. The van der Waals surface area contributed by atoms with Crippen molar-refractivity contribution in [2.75, 3.05) is 20.1 Å². The Kier molecular flexibility index (Phi) is 7.99. The Bertz CT molecular complexity index is 790. The Morgan fingerprint density at radius 3 is 2.46 bits per heavy atom. The van der Waals surface area contributed by atoms with Crippen LogP contribution in [0.5, 0.6) is 0 Å². The molecule has 0 radical (unpaired) electrons. The highest BCUT2D eigenvalue weighted by Gasteiger charge is 2.21. The molecule has 0 saturated heterocycles. The minimum atomic E-state index is -0.271. The number of guanidine groups is 1. The number of hydrogen-bond donors (Lipinski definition) is 3. The molecule has 3 N–H and O–H groups in total. The van der Waals surface area contributed by atoms with Crippen LogP contribution in [0.2, 0.25) is 0 Å². The maximum absolute atomic E-state index is 13.5. The molecule has 2 aromatic carbocycles. The van der Waals surface area contributed by atoms with Crippen LogP contribution >= 0.6 is 0 Å². The molecule has 0 saturated carbocycles. The van der Waals surface area contributed by atoms with Gasteiger partial charge in [0, 0.05) is 38.5 Å². The molecular formula is C22H29FN4O. The van der Waals surface area contributed by atoms with E-state index >= 15 is 0 Å². The molecule has 0 fully saturated rings. The van der Waals surface area contributed by atoms with Crippen molar-refractivity contribution in [2.24, 2.45) is 4.99 Å². The molecule has 0 unspecified atom stereocenters. The molecule has 0 spiro atoms. The third kappa shape index (κ3) is 7.02. The number of halogens is 1. The first-order valence-corrected chi connectivity index (χ1v) is 9.42. The van der Waals surface area contributed by atoms with Gasteiger partial charge in [0.1, 0.15) is 5.82 Å². The van der Waals surface area contributed by atoms with Crippen molar-refractivity contribution in [3.8, 4) is 0 Å². The summed E-state index contributed by atoms with van der Waals surface area (Å²) in [5.74, 6) is 0.349. The Morgan fingerprint density at radius 2 is 1.79 bits per heavy atom. The maximum atomic E-state index is 13.5. The van der Waals surface area contributed by atoms with E-state index in [9.17, 15) is 9.18 Å². The standard InChI is InChI=1S/C22H29FN4O/c1-22(2,18-10-7-11-19(23)14-18)16-27-21(24-3)25-13-12-20(28)26-15-17-8-5-4-6-9-17/h4-11,14H,12-13,15-16H2,1-3H3,(H,26,28)(H2,24,25,27). The third-order valence-corrected chi connectivity index (χ3v) is 4.50. The van der Waals surface area contributed by atoms with Crippen molar-refractivity contribution in [3.63, 3.8) is 0 Å². The monoisotopic (exact) mass is 384 g/mol. The van der Waals surface area contributed by atoms with Crippen molar-refractivity contribution in [2.45, 2.75) is 32.2 Å². The number of aliphatic imine (C=N–C) groups is 1. The van der Waals surface area contributed by atoms with E-state index in [1.54, 1.807) is 19.2 Å². The van der Waals surface area contributed by atoms with Gasteiger partial charge in [-0.05, 0) is 23.3 Å². The van der Waals surface area contributed by atoms with Crippen molar-refractivity contribution in [1.82, 2.24) is 16.0 Å². The number of carbonyl (C=O) groups excluding carboxylic acids is 1. The second-order valence-electron chi connectivity index (χ2n) is 7.26. The predicted molar refractivity (Wildman–Crippen MR) is 112 cm³/mol. The average molecular weight is 384 g/mol. The summed E-state index contributed by atoms with van der Waals surface area (Å²) in [5.41, 5.74) is 1.71. The second kappa shape index (κ2) is 10.4. The normalized spacial score (nSPS) is 11.8. The lowest BCUT2D eigenvalue weighted by Gasteiger charge is -2.26. The molecule has 28 heavy (non-hydrogen) atoms. The Labute approximate surface area is 166 Å². The van der Waals surface area contributed by atoms with Gasteiger partial charge in [-0.1, -0.05) is 56.3 Å². The van der Waals surface area contributed by atoms with E-state index in [-0.39, 0.29) is 17.1 Å². The maximum Gasteiger partial charge on any atom is 0.222 e. The lowest BCUT2D eigenvalue weighted by Crippen LogP contribution is -2.44. The fraction of sp³-hybridized carbons (Fsp3) is 0.364. The van der Waals surface area contributed by atoms with Crippen molar-refractivity contribution < 1.29 is 9.18 Å². The summed E-state index contributed by atoms with van der Waals surface area (Å²) >= 11 is 0. The predicted octanol–water partition coefficient (Wildman–Crippen LogP) is 2.97. The number of rotatable bonds is 8. The van der Waals surface area contributed by atoms with Crippen molar-refractivity contribution in [1.29, 1.82) is 0 Å². The minimum absolute atomic E-state index is 0.0214. The molecule has 0 atom stereocenters. The molecule has 5 nitrogen and oxygen atoms in total. The SMILES string of the molecule is CN=C(NCCC(=O)NCc1ccccc1)NCC(C)(C)c1cccc(F)c1. The van der Waals surface area contributed by atoms with Crippen LogP contribution in [0.1, 0.15) is 31.4 Å². The highest BCUT2D eigenvalue weighted by molar-refractivity contribution is 5.81. The number of nitrogens with zero attached hydrogens (tertiary/aromatic N) is 1. The average Bonchev–Trinajstić information content (AvgIpc) is 2.69. The summed E-state index contributed by atoms with van der Waals surface area (Å²) in [7, 11) is 1.68. The highest BCUT2D eigenvalue weighted by atomic mass is 19.1. The molecule has 150 valence electrons. The quantitative estimate of drug-likeness (QED) is 0.484. The summed E-state index contributed by atoms with van der Waals surface area (Å²) in [6, 6.07) is 16.4. The van der Waals surface area contributed by atoms with E-state index in [1.165, 1.54) is 6.07 Å². The molecule has 0 bridgehead atoms. The number of amides is 1. The van der Waals surface area contributed by atoms with Crippen LogP contribution in [0.4, 0.5) is 4.39 Å². The van der Waals surface area contributed by atoms with Crippen LogP contribution in [-0.4, -0.2) is 32.0 Å². The molecule has 2 aromatic rings. The van der Waals surface area contributed by atoms with Crippen LogP contribution in [0.3, 0.4) is 0 Å². The van der Waals surface area contributed by atoms with Gasteiger partial charge >= 0.3 is 0 Å². The smallest absolute Gasteiger partial charge is 0.222 e. The fourth-order valence-electron chi connectivity index (χ4n) is 2.72. The van der Waals surface area contributed by atoms with Gasteiger partial charge in [-0.25, -0.2) is 4.39 Å². The van der Waals surface area contributed by atoms with Gasteiger partial charge in [-0.15, -0.1) is 0 Å². The van der Waals surface area contributed by atoms with E-state index in [4.69, 9.17) is 0 Å². The van der Waals surface area contributed by atoms with E-state index in [1.807, 2.05) is 50.2 Å². The van der Waals surface area contributed by atoms with E-state index in [0.29, 0.717) is 32.0 Å². The van der Waals surface area contributed by atoms with Crippen LogP contribution in [0.15, 0.2) is 59.6 Å². The summed E-state index contributed by atoms with van der Waals surface area (Å²) in [6.07, 6.45) is 0.348. The molecule has 0 aliphatic carbocycles. The third-order valence-electron chi connectivity index (χ3n) is 4.50. The molecule has 2 rings (SSSR count). The molecule has 6 heteroatoms. The summed E-state index contributed by atoms with van der Waals surface area (Å²) in [4.78, 5) is 16.2. The number of benzene rings is 2. The number of nitrogens with one attached hydrogen (secondary N) is 3. The molecule has 1 amide bonds. The van der Waals surface area contributed by atoms with Gasteiger partial charge in [0.25, 0.3) is 0 Å². The van der Waals surface area contributed by atoms with Gasteiger partial charge in [0.15, 0.2) is 5.96 Å². The van der Waals surface area contributed by atoms with Crippen LogP contribution in [0, 0.1) is 5.82 Å². The summed E-state index contributed by atoms with van der Waals surface area (Å²) in [5, 5.41) is 9.28. The van der Waals surface area contributed by atoms with Gasteiger partial charge in [0.2, 0.25) is 5.91 Å². The molecule has 0 aromatic heterocycles. The van der Waals surface area contributed by atoms with Gasteiger partial charge in [0.05, 0.1) is 0 Å². The van der Waals surface area contributed by atoms with Crippen LogP contribution < -0.4 is 16.0 Å². The van der Waals surface area contributed by atoms with Crippen LogP contribution in [0.25, 0.3) is 0 Å².